The van der Waals surface area contributed by atoms with E-state index in [1.165, 1.54) is 16.8 Å². The van der Waals surface area contributed by atoms with Gasteiger partial charge in [0.1, 0.15) is 17.3 Å². The molecule has 2 saturated carbocycles. The van der Waals surface area contributed by atoms with Crippen LogP contribution in [0.3, 0.4) is 0 Å². The van der Waals surface area contributed by atoms with Crippen molar-refractivity contribution >= 4 is 21.3 Å². The number of hydrogen-bond acceptors (Lipinski definition) is 7. The molecule has 216 valence electrons. The standard InChI is InChI=1S/C32H32FN5O3S/c33-28-17-22(19-34)5-10-29(28)38-20-27(23-6-8-24(9-7-23)37-13-15-42(40,41)16-14-37)31(36-38)26-4-2-1-3-25(26)30(39)18-32(21-35)11-12-32/h5-10,17,20,25-26H,1-4,11-16,18H2/t25-,26-/m1/s1. The minimum atomic E-state index is -2.99. The van der Waals surface area contributed by atoms with Crippen molar-refractivity contribution < 1.29 is 17.6 Å². The largest absolute Gasteiger partial charge is 0.369 e. The second-order valence-electron chi connectivity index (χ2n) is 11.9. The number of hydrogen-bond donors (Lipinski definition) is 0. The van der Waals surface area contributed by atoms with E-state index in [-0.39, 0.29) is 46.8 Å². The van der Waals surface area contributed by atoms with Gasteiger partial charge in [0.05, 0.1) is 40.3 Å². The molecule has 3 fully saturated rings. The number of ketones is 1. The van der Waals surface area contributed by atoms with Gasteiger partial charge in [-0.1, -0.05) is 25.0 Å². The van der Waals surface area contributed by atoms with E-state index in [9.17, 15) is 23.7 Å². The molecular weight excluding hydrogens is 553 g/mol. The lowest BCUT2D eigenvalue weighted by Gasteiger charge is -2.31. The molecule has 2 aliphatic carbocycles. The molecule has 1 saturated heterocycles. The maximum absolute atomic E-state index is 15.1. The number of Topliss-reactive ketones (excluding diaryl/α,β-unsaturated/α-hetero) is 1. The Kier molecular flexibility index (Phi) is 7.36. The highest BCUT2D eigenvalue weighted by molar-refractivity contribution is 7.91. The maximum atomic E-state index is 15.1. The molecule has 0 spiro atoms. The second kappa shape index (κ2) is 11.0. The molecule has 2 atom stereocenters. The van der Waals surface area contributed by atoms with E-state index in [2.05, 4.69) is 11.0 Å². The minimum Gasteiger partial charge on any atom is -0.369 e. The molecule has 0 bridgehead atoms. The average molecular weight is 586 g/mol. The summed E-state index contributed by atoms with van der Waals surface area (Å²) in [6.45, 7) is 0.887. The first-order chi connectivity index (χ1) is 20.2. The summed E-state index contributed by atoms with van der Waals surface area (Å²) in [5, 5.41) is 23.7. The number of halogens is 1. The molecule has 2 heterocycles. The Morgan fingerprint density at radius 2 is 1.76 bits per heavy atom. The van der Waals surface area contributed by atoms with Crippen LogP contribution < -0.4 is 4.90 Å². The zero-order chi connectivity index (χ0) is 29.5. The average Bonchev–Trinajstić information content (AvgIpc) is 3.64. The Morgan fingerprint density at radius 1 is 1.05 bits per heavy atom. The van der Waals surface area contributed by atoms with Crippen LogP contribution in [0.1, 0.15) is 62.1 Å². The van der Waals surface area contributed by atoms with E-state index < -0.39 is 21.1 Å². The Balaban J connectivity index is 1.37. The van der Waals surface area contributed by atoms with Gasteiger partial charge in [0.15, 0.2) is 9.84 Å². The van der Waals surface area contributed by atoms with Crippen LogP contribution in [0.4, 0.5) is 10.1 Å². The first-order valence-electron chi connectivity index (χ1n) is 14.5. The van der Waals surface area contributed by atoms with Gasteiger partial charge in [-0.05, 0) is 61.6 Å². The third-order valence-electron chi connectivity index (χ3n) is 9.09. The van der Waals surface area contributed by atoms with Crippen molar-refractivity contribution in [2.24, 2.45) is 11.3 Å². The summed E-state index contributed by atoms with van der Waals surface area (Å²) < 4.78 is 40.4. The van der Waals surface area contributed by atoms with Gasteiger partial charge in [-0.2, -0.15) is 15.6 Å². The summed E-state index contributed by atoms with van der Waals surface area (Å²) >= 11 is 0. The Hall–Kier alpha value is -4.02. The van der Waals surface area contributed by atoms with Crippen LogP contribution in [0.5, 0.6) is 0 Å². The first-order valence-corrected chi connectivity index (χ1v) is 16.3. The molecular formula is C32H32FN5O3S. The number of rotatable bonds is 7. The summed E-state index contributed by atoms with van der Waals surface area (Å²) in [6.07, 6.45) is 6.98. The van der Waals surface area contributed by atoms with Crippen molar-refractivity contribution in [3.05, 3.63) is 65.7 Å². The lowest BCUT2D eigenvalue weighted by atomic mass is 9.72. The Morgan fingerprint density at radius 3 is 2.40 bits per heavy atom. The molecule has 3 aromatic rings. The van der Waals surface area contributed by atoms with Gasteiger partial charge in [0, 0.05) is 48.8 Å². The SMILES string of the molecule is N#Cc1ccc(-n2cc(-c3ccc(N4CCS(=O)(=O)CC4)cc3)c([C@@H]3CCCC[C@H]3C(=O)CC3(C#N)CC3)n2)c(F)c1. The maximum Gasteiger partial charge on any atom is 0.153 e. The topological polar surface area (TPSA) is 120 Å². The predicted molar refractivity (Wildman–Crippen MR) is 156 cm³/mol. The van der Waals surface area contributed by atoms with Crippen LogP contribution in [0.25, 0.3) is 16.8 Å². The number of carbonyl (C=O) groups excluding carboxylic acids is 1. The van der Waals surface area contributed by atoms with Crippen LogP contribution in [0.15, 0.2) is 48.7 Å². The van der Waals surface area contributed by atoms with E-state index >= 15 is 4.39 Å². The van der Waals surface area contributed by atoms with Gasteiger partial charge in [0.2, 0.25) is 0 Å². The van der Waals surface area contributed by atoms with Crippen molar-refractivity contribution in [1.82, 2.24) is 9.78 Å². The van der Waals surface area contributed by atoms with Crippen LogP contribution in [0, 0.1) is 39.8 Å². The number of nitrogens with zero attached hydrogens (tertiary/aromatic N) is 5. The predicted octanol–water partition coefficient (Wildman–Crippen LogP) is 5.32. The third kappa shape index (κ3) is 5.56. The molecule has 42 heavy (non-hydrogen) atoms. The summed E-state index contributed by atoms with van der Waals surface area (Å²) in [7, 11) is -2.99. The summed E-state index contributed by atoms with van der Waals surface area (Å²) in [4.78, 5) is 15.6. The second-order valence-corrected chi connectivity index (χ2v) is 14.2. The molecule has 0 N–H and O–H groups in total. The third-order valence-corrected chi connectivity index (χ3v) is 10.7. The molecule has 0 radical (unpaired) electrons. The minimum absolute atomic E-state index is 0.110. The molecule has 0 unspecified atom stereocenters. The monoisotopic (exact) mass is 585 g/mol. The fourth-order valence-electron chi connectivity index (χ4n) is 6.38. The van der Waals surface area contributed by atoms with Gasteiger partial charge >= 0.3 is 0 Å². The van der Waals surface area contributed by atoms with E-state index in [1.807, 2.05) is 30.3 Å². The lowest BCUT2D eigenvalue weighted by molar-refractivity contribution is -0.125. The van der Waals surface area contributed by atoms with Crippen molar-refractivity contribution in [3.63, 3.8) is 0 Å². The highest BCUT2D eigenvalue weighted by Crippen LogP contribution is 2.51. The zero-order valence-electron chi connectivity index (χ0n) is 23.3. The molecule has 6 rings (SSSR count). The van der Waals surface area contributed by atoms with Gasteiger partial charge in [-0.15, -0.1) is 0 Å². The van der Waals surface area contributed by atoms with Gasteiger partial charge in [-0.25, -0.2) is 17.5 Å². The highest BCUT2D eigenvalue weighted by Gasteiger charge is 2.47. The lowest BCUT2D eigenvalue weighted by Crippen LogP contribution is -2.40. The first kappa shape index (κ1) is 28.1. The number of aromatic nitrogens is 2. The molecule has 3 aliphatic rings. The zero-order valence-corrected chi connectivity index (χ0v) is 24.1. The highest BCUT2D eigenvalue weighted by atomic mass is 32.2. The molecule has 1 aromatic heterocycles. The van der Waals surface area contributed by atoms with E-state index in [0.717, 1.165) is 61.0 Å². The van der Waals surface area contributed by atoms with Crippen LogP contribution in [-0.2, 0) is 14.6 Å². The van der Waals surface area contributed by atoms with Crippen molar-refractivity contribution in [2.45, 2.75) is 50.9 Å². The van der Waals surface area contributed by atoms with E-state index in [1.54, 1.807) is 12.3 Å². The normalized spacial score (nSPS) is 22.6. The molecule has 1 aliphatic heterocycles. The quantitative estimate of drug-likeness (QED) is 0.368. The summed E-state index contributed by atoms with van der Waals surface area (Å²) in [6, 6.07) is 16.4. The molecule has 8 nitrogen and oxygen atoms in total. The van der Waals surface area contributed by atoms with Gasteiger partial charge in [-0.3, -0.25) is 4.79 Å². The van der Waals surface area contributed by atoms with E-state index in [4.69, 9.17) is 5.10 Å². The Bertz CT molecular complexity index is 1700. The number of anilines is 1. The molecule has 10 heteroatoms. The van der Waals surface area contributed by atoms with Crippen molar-refractivity contribution in [1.29, 1.82) is 10.5 Å². The van der Waals surface area contributed by atoms with Crippen molar-refractivity contribution in [2.75, 3.05) is 29.5 Å². The van der Waals surface area contributed by atoms with E-state index in [0.29, 0.717) is 13.1 Å². The van der Waals surface area contributed by atoms with Crippen LogP contribution in [-0.4, -0.2) is 48.6 Å². The van der Waals surface area contributed by atoms with Crippen molar-refractivity contribution in [3.8, 4) is 29.0 Å². The number of sulfone groups is 1. The fraction of sp³-hybridized carbons (Fsp3) is 0.438. The number of benzene rings is 2. The summed E-state index contributed by atoms with van der Waals surface area (Å²) in [5.74, 6) is -0.611. The molecule has 2 aromatic carbocycles. The fourth-order valence-corrected chi connectivity index (χ4v) is 7.58. The van der Waals surface area contributed by atoms with Gasteiger partial charge in [0.25, 0.3) is 0 Å². The smallest absolute Gasteiger partial charge is 0.153 e. The van der Waals surface area contributed by atoms with Crippen LogP contribution in [0.2, 0.25) is 0 Å². The number of carbonyl (C=O) groups is 1. The Labute approximate surface area is 245 Å². The number of nitriles is 2. The molecule has 0 amide bonds. The summed E-state index contributed by atoms with van der Waals surface area (Å²) in [5.41, 5.74) is 3.25. The van der Waals surface area contributed by atoms with Crippen LogP contribution >= 0.6 is 0 Å². The van der Waals surface area contributed by atoms with Gasteiger partial charge < -0.3 is 4.90 Å².